The normalized spacial score (nSPS) is 9.00. The Bertz CT molecular complexity index is 86.0. The van der Waals surface area contributed by atoms with E-state index in [4.69, 9.17) is 4.74 Å². The van der Waals surface area contributed by atoms with Crippen molar-refractivity contribution in [3.05, 3.63) is 0 Å². The maximum absolute atomic E-state index is 4.98. The summed E-state index contributed by atoms with van der Waals surface area (Å²) >= 11 is 0. The predicted molar refractivity (Wildman–Crippen MR) is 116 cm³/mol. The molecule has 0 bridgehead atoms. The first-order valence-electron chi connectivity index (χ1n) is 11.2. The highest BCUT2D eigenvalue weighted by molar-refractivity contribution is 4.32. The Morgan fingerprint density at radius 1 is 0.375 bits per heavy atom. The van der Waals surface area contributed by atoms with Gasteiger partial charge in [0.15, 0.2) is 0 Å². The molecule has 0 atom stereocenters. The van der Waals surface area contributed by atoms with Gasteiger partial charge in [-0.05, 0) is 13.3 Å². The molecule has 0 heterocycles. The van der Waals surface area contributed by atoms with Crippen LogP contribution in [0.5, 0.6) is 0 Å². The highest BCUT2D eigenvalue weighted by Gasteiger charge is 1.76. The van der Waals surface area contributed by atoms with Crippen molar-refractivity contribution in [2.75, 3.05) is 13.2 Å². The Kier molecular flexibility index (Phi) is 57.4. The molecular formula is C23H54O. The standard InChI is InChI=1S/3C6H14.C5H12O/c4*1-3-5-6-4-2/h3*3-6H2,1-2H3;3-5H2,1-2H3. The predicted octanol–water partition coefficient (Wildman–Crippen LogP) is 9.19. The van der Waals surface area contributed by atoms with Gasteiger partial charge in [-0.3, -0.25) is 0 Å². The quantitative estimate of drug-likeness (QED) is 0.320. The maximum Gasteiger partial charge on any atom is 0.0463 e. The molecule has 0 saturated carbocycles. The maximum atomic E-state index is 4.98. The molecule has 1 nitrogen and oxygen atoms in total. The molecular weight excluding hydrogens is 292 g/mol. The second kappa shape index (κ2) is 43.5. The van der Waals surface area contributed by atoms with Gasteiger partial charge in [-0.1, -0.05) is 126 Å². The summed E-state index contributed by atoms with van der Waals surface area (Å²) in [6.07, 6.45) is 17.7. The minimum absolute atomic E-state index is 0.855. The van der Waals surface area contributed by atoms with Gasteiger partial charge in [-0.15, -0.1) is 0 Å². The molecule has 0 aromatic rings. The molecule has 0 saturated heterocycles. The van der Waals surface area contributed by atoms with Crippen molar-refractivity contribution in [1.29, 1.82) is 0 Å². The van der Waals surface area contributed by atoms with Crippen molar-refractivity contribution in [2.24, 2.45) is 0 Å². The van der Waals surface area contributed by atoms with E-state index in [1.165, 1.54) is 77.0 Å². The van der Waals surface area contributed by atoms with Crippen LogP contribution < -0.4 is 0 Å². The Balaban J connectivity index is -0.000000111. The van der Waals surface area contributed by atoms with Crippen LogP contribution in [0.2, 0.25) is 0 Å². The average Bonchev–Trinajstić information content (AvgIpc) is 2.62. The van der Waals surface area contributed by atoms with Crippen LogP contribution in [0.1, 0.15) is 139 Å². The number of ether oxygens (including phenoxy) is 1. The first-order chi connectivity index (χ1) is 11.7. The third kappa shape index (κ3) is 67.4. The SMILES string of the molecule is CCCCCC.CCCCCC.CCCCCC.CCCOCC. The molecule has 0 spiro atoms. The zero-order valence-electron chi connectivity index (χ0n) is 19.0. The molecule has 0 aliphatic heterocycles. The molecule has 0 amide bonds. The van der Waals surface area contributed by atoms with Crippen LogP contribution >= 0.6 is 0 Å². The van der Waals surface area contributed by atoms with E-state index >= 15 is 0 Å². The monoisotopic (exact) mass is 346 g/mol. The molecule has 1 heteroatoms. The van der Waals surface area contributed by atoms with E-state index in [2.05, 4.69) is 48.5 Å². The summed E-state index contributed by atoms with van der Waals surface area (Å²) in [4.78, 5) is 0. The Morgan fingerprint density at radius 2 is 0.625 bits per heavy atom. The van der Waals surface area contributed by atoms with Gasteiger partial charge in [0.25, 0.3) is 0 Å². The Hall–Kier alpha value is -0.0400. The van der Waals surface area contributed by atoms with E-state index in [0.717, 1.165) is 19.6 Å². The fraction of sp³-hybridized carbons (Fsp3) is 1.00. The zero-order valence-corrected chi connectivity index (χ0v) is 19.0. The summed E-state index contributed by atoms with van der Waals surface area (Å²) in [6.45, 7) is 19.3. The molecule has 0 aliphatic carbocycles. The third-order valence-electron chi connectivity index (χ3n) is 3.42. The molecule has 0 unspecified atom stereocenters. The lowest BCUT2D eigenvalue weighted by molar-refractivity contribution is 0.148. The third-order valence-corrected chi connectivity index (χ3v) is 3.42. The van der Waals surface area contributed by atoms with Crippen molar-refractivity contribution in [3.63, 3.8) is 0 Å². The molecule has 0 radical (unpaired) electrons. The molecule has 152 valence electrons. The molecule has 0 rings (SSSR count). The molecule has 0 aromatic carbocycles. The van der Waals surface area contributed by atoms with Gasteiger partial charge in [-0.25, -0.2) is 0 Å². The minimum atomic E-state index is 0.855. The zero-order chi connectivity index (χ0) is 19.3. The highest BCUT2D eigenvalue weighted by Crippen LogP contribution is 1.96. The van der Waals surface area contributed by atoms with Crippen LogP contribution in [-0.2, 0) is 4.74 Å². The molecule has 0 aromatic heterocycles. The summed E-state index contributed by atoms with van der Waals surface area (Å²) in [5.74, 6) is 0. The van der Waals surface area contributed by atoms with Crippen LogP contribution in [0.3, 0.4) is 0 Å². The largest absolute Gasteiger partial charge is 0.382 e. The van der Waals surface area contributed by atoms with E-state index in [1.54, 1.807) is 0 Å². The first-order valence-corrected chi connectivity index (χ1v) is 11.2. The van der Waals surface area contributed by atoms with Crippen molar-refractivity contribution < 1.29 is 4.74 Å². The van der Waals surface area contributed by atoms with Gasteiger partial charge in [0.1, 0.15) is 0 Å². The van der Waals surface area contributed by atoms with Gasteiger partial charge in [0, 0.05) is 13.2 Å². The summed E-state index contributed by atoms with van der Waals surface area (Å²) < 4.78 is 4.98. The molecule has 0 aliphatic rings. The highest BCUT2D eigenvalue weighted by atomic mass is 16.5. The summed E-state index contributed by atoms with van der Waals surface area (Å²) in [5.41, 5.74) is 0. The van der Waals surface area contributed by atoms with E-state index in [-0.39, 0.29) is 0 Å². The van der Waals surface area contributed by atoms with Gasteiger partial charge in [0.2, 0.25) is 0 Å². The Morgan fingerprint density at radius 3 is 0.708 bits per heavy atom. The lowest BCUT2D eigenvalue weighted by Gasteiger charge is -1.91. The van der Waals surface area contributed by atoms with Crippen LogP contribution in [0, 0.1) is 0 Å². The van der Waals surface area contributed by atoms with Crippen LogP contribution in [0.4, 0.5) is 0 Å². The topological polar surface area (TPSA) is 9.23 Å². The van der Waals surface area contributed by atoms with E-state index in [9.17, 15) is 0 Å². The smallest absolute Gasteiger partial charge is 0.0463 e. The van der Waals surface area contributed by atoms with Crippen LogP contribution in [0.25, 0.3) is 0 Å². The number of hydrogen-bond acceptors (Lipinski definition) is 1. The molecule has 24 heavy (non-hydrogen) atoms. The van der Waals surface area contributed by atoms with Crippen molar-refractivity contribution in [3.8, 4) is 0 Å². The summed E-state index contributed by atoms with van der Waals surface area (Å²) in [6, 6.07) is 0. The van der Waals surface area contributed by atoms with Gasteiger partial charge >= 0.3 is 0 Å². The summed E-state index contributed by atoms with van der Waals surface area (Å²) in [7, 11) is 0. The van der Waals surface area contributed by atoms with Crippen LogP contribution in [-0.4, -0.2) is 13.2 Å². The van der Waals surface area contributed by atoms with Gasteiger partial charge in [-0.2, -0.15) is 0 Å². The molecule has 0 N–H and O–H groups in total. The lowest BCUT2D eigenvalue weighted by atomic mass is 10.2. The van der Waals surface area contributed by atoms with E-state index < -0.39 is 0 Å². The van der Waals surface area contributed by atoms with Crippen molar-refractivity contribution in [1.82, 2.24) is 0 Å². The number of unbranched alkanes of at least 4 members (excludes halogenated alkanes) is 9. The first kappa shape index (κ1) is 31.7. The minimum Gasteiger partial charge on any atom is -0.382 e. The molecule has 0 fully saturated rings. The fourth-order valence-corrected chi connectivity index (χ4v) is 1.79. The Labute approximate surface area is 157 Å². The van der Waals surface area contributed by atoms with E-state index in [0.29, 0.717) is 0 Å². The van der Waals surface area contributed by atoms with E-state index in [1.807, 2.05) is 6.92 Å². The lowest BCUT2D eigenvalue weighted by Crippen LogP contribution is -1.88. The second-order valence-corrected chi connectivity index (χ2v) is 6.32. The summed E-state index contributed by atoms with van der Waals surface area (Å²) in [5, 5.41) is 0. The second-order valence-electron chi connectivity index (χ2n) is 6.32. The van der Waals surface area contributed by atoms with Gasteiger partial charge < -0.3 is 4.74 Å². The van der Waals surface area contributed by atoms with Crippen molar-refractivity contribution in [2.45, 2.75) is 139 Å². The number of rotatable bonds is 12. The van der Waals surface area contributed by atoms with Gasteiger partial charge in [0.05, 0.1) is 0 Å². The van der Waals surface area contributed by atoms with Crippen molar-refractivity contribution >= 4 is 0 Å². The average molecular weight is 347 g/mol. The van der Waals surface area contributed by atoms with Crippen LogP contribution in [0.15, 0.2) is 0 Å². The number of hydrogen-bond donors (Lipinski definition) is 0. The fourth-order valence-electron chi connectivity index (χ4n) is 1.79.